The number of rotatable bonds is 6. The molecule has 0 fully saturated rings. The van der Waals surface area contributed by atoms with Crippen LogP contribution in [-0.2, 0) is 22.7 Å². The highest BCUT2D eigenvalue weighted by Gasteiger charge is 2.47. The average molecular weight is 339 g/mol. The lowest BCUT2D eigenvalue weighted by molar-refractivity contribution is -0.159. The van der Waals surface area contributed by atoms with Gasteiger partial charge in [0.1, 0.15) is 0 Å². The normalized spacial score (nSPS) is 15.2. The van der Waals surface area contributed by atoms with Crippen molar-refractivity contribution in [3.8, 4) is 0 Å². The maximum atomic E-state index is 12.7. The maximum absolute atomic E-state index is 12.7. The van der Waals surface area contributed by atoms with Crippen LogP contribution in [0.2, 0.25) is 0 Å². The third-order valence-electron chi connectivity index (χ3n) is 4.63. The Labute approximate surface area is 146 Å². The Bertz CT molecular complexity index is 771. The van der Waals surface area contributed by atoms with Gasteiger partial charge in [-0.05, 0) is 24.0 Å². The van der Waals surface area contributed by atoms with E-state index in [9.17, 15) is 14.7 Å². The summed E-state index contributed by atoms with van der Waals surface area (Å²) < 4.78 is 1.98. The number of hydrogen-bond donors (Lipinski definition) is 1. The minimum absolute atomic E-state index is 0.259. The zero-order valence-corrected chi connectivity index (χ0v) is 14.1. The molecule has 1 aliphatic carbocycles. The molecule has 130 valence electrons. The first-order valence-electron chi connectivity index (χ1n) is 8.19. The van der Waals surface area contributed by atoms with E-state index in [0.29, 0.717) is 6.54 Å². The number of aromatic nitrogens is 2. The SMILES string of the molecule is CN(Cc1ccc(Cn2ccnc2)cc1)C(=O)C1(C(=O)O)CC=CC1. The van der Waals surface area contributed by atoms with Crippen molar-refractivity contribution >= 4 is 11.9 Å². The molecule has 0 atom stereocenters. The highest BCUT2D eigenvalue weighted by atomic mass is 16.4. The van der Waals surface area contributed by atoms with Crippen LogP contribution in [0.4, 0.5) is 0 Å². The van der Waals surface area contributed by atoms with Crippen LogP contribution in [0, 0.1) is 5.41 Å². The highest BCUT2D eigenvalue weighted by Crippen LogP contribution is 2.35. The van der Waals surface area contributed by atoms with Gasteiger partial charge in [0.25, 0.3) is 0 Å². The summed E-state index contributed by atoms with van der Waals surface area (Å²) in [5, 5.41) is 9.51. The minimum atomic E-state index is -1.34. The van der Waals surface area contributed by atoms with Crippen molar-refractivity contribution in [3.63, 3.8) is 0 Å². The molecule has 1 heterocycles. The Balaban J connectivity index is 1.65. The largest absolute Gasteiger partial charge is 0.480 e. The third-order valence-corrected chi connectivity index (χ3v) is 4.63. The van der Waals surface area contributed by atoms with Crippen LogP contribution in [0.3, 0.4) is 0 Å². The quantitative estimate of drug-likeness (QED) is 0.647. The van der Waals surface area contributed by atoms with Gasteiger partial charge >= 0.3 is 5.97 Å². The zero-order valence-electron chi connectivity index (χ0n) is 14.1. The fraction of sp³-hybridized carbons (Fsp3) is 0.316. The molecule has 1 N–H and O–H groups in total. The van der Waals surface area contributed by atoms with E-state index in [1.165, 1.54) is 4.90 Å². The van der Waals surface area contributed by atoms with Crippen LogP contribution in [0.15, 0.2) is 55.1 Å². The number of allylic oxidation sites excluding steroid dienone is 2. The molecule has 0 saturated carbocycles. The number of carboxylic acids is 1. The number of carbonyl (C=O) groups excluding carboxylic acids is 1. The van der Waals surface area contributed by atoms with Crippen molar-refractivity contribution in [1.29, 1.82) is 0 Å². The summed E-state index contributed by atoms with van der Waals surface area (Å²) in [6.45, 7) is 1.13. The van der Waals surface area contributed by atoms with Gasteiger partial charge in [0.2, 0.25) is 5.91 Å². The summed E-state index contributed by atoms with van der Waals surface area (Å²) in [5.41, 5.74) is 0.769. The number of carboxylic acid groups (broad SMARTS) is 1. The zero-order chi connectivity index (χ0) is 17.9. The molecule has 0 saturated heterocycles. The van der Waals surface area contributed by atoms with Gasteiger partial charge in [-0.15, -0.1) is 0 Å². The van der Waals surface area contributed by atoms with Crippen molar-refractivity contribution in [2.45, 2.75) is 25.9 Å². The van der Waals surface area contributed by atoms with Crippen LogP contribution in [-0.4, -0.2) is 38.5 Å². The number of nitrogens with zero attached hydrogens (tertiary/aromatic N) is 3. The molecule has 0 radical (unpaired) electrons. The second-order valence-corrected chi connectivity index (χ2v) is 6.48. The Morgan fingerprint density at radius 2 is 1.84 bits per heavy atom. The number of hydrogen-bond acceptors (Lipinski definition) is 3. The third kappa shape index (κ3) is 3.47. The first-order chi connectivity index (χ1) is 12.0. The standard InChI is InChI=1S/C19H21N3O3/c1-21(17(23)19(18(24)25)8-2-3-9-19)12-15-4-6-16(7-5-15)13-22-11-10-20-14-22/h2-7,10-11,14H,8-9,12-13H2,1H3,(H,24,25). The fourth-order valence-corrected chi connectivity index (χ4v) is 3.15. The van der Waals surface area contributed by atoms with Crippen molar-refractivity contribution < 1.29 is 14.7 Å². The van der Waals surface area contributed by atoms with Crippen molar-refractivity contribution in [2.24, 2.45) is 5.41 Å². The first-order valence-corrected chi connectivity index (χ1v) is 8.19. The van der Waals surface area contributed by atoms with Gasteiger partial charge in [-0.3, -0.25) is 9.59 Å². The van der Waals surface area contributed by atoms with E-state index >= 15 is 0 Å². The van der Waals surface area contributed by atoms with E-state index in [4.69, 9.17) is 0 Å². The molecule has 1 aliphatic rings. The molecule has 0 unspecified atom stereocenters. The predicted octanol–water partition coefficient (Wildman–Crippen LogP) is 2.31. The second-order valence-electron chi connectivity index (χ2n) is 6.48. The van der Waals surface area contributed by atoms with Crippen LogP contribution >= 0.6 is 0 Å². The molecule has 1 amide bonds. The summed E-state index contributed by atoms with van der Waals surface area (Å²) in [7, 11) is 1.66. The van der Waals surface area contributed by atoms with E-state index in [2.05, 4.69) is 4.98 Å². The topological polar surface area (TPSA) is 75.4 Å². The Hall–Kier alpha value is -2.89. The monoisotopic (exact) mass is 339 g/mol. The van der Waals surface area contributed by atoms with Gasteiger partial charge in [-0.2, -0.15) is 0 Å². The lowest BCUT2D eigenvalue weighted by atomic mass is 9.84. The second kappa shape index (κ2) is 6.93. The summed E-state index contributed by atoms with van der Waals surface area (Å²) in [6.07, 6.45) is 9.47. The van der Waals surface area contributed by atoms with Gasteiger partial charge in [-0.25, -0.2) is 4.98 Å². The highest BCUT2D eigenvalue weighted by molar-refractivity contribution is 6.02. The molecule has 0 aliphatic heterocycles. The van der Waals surface area contributed by atoms with Gasteiger partial charge in [-0.1, -0.05) is 36.4 Å². The summed E-state index contributed by atoms with van der Waals surface area (Å²) in [4.78, 5) is 29.8. The van der Waals surface area contributed by atoms with Crippen LogP contribution in [0.1, 0.15) is 24.0 Å². The molecule has 0 spiro atoms. The van der Waals surface area contributed by atoms with Gasteiger partial charge in [0.15, 0.2) is 5.41 Å². The van der Waals surface area contributed by atoms with Crippen molar-refractivity contribution in [1.82, 2.24) is 14.5 Å². The Morgan fingerprint density at radius 1 is 1.20 bits per heavy atom. The van der Waals surface area contributed by atoms with E-state index in [1.807, 2.05) is 35.0 Å². The maximum Gasteiger partial charge on any atom is 0.319 e. The lowest BCUT2D eigenvalue weighted by Gasteiger charge is -2.28. The molecular weight excluding hydrogens is 318 g/mol. The first kappa shape index (κ1) is 17.0. The lowest BCUT2D eigenvalue weighted by Crippen LogP contribution is -2.45. The number of carbonyl (C=O) groups is 2. The molecule has 0 bridgehead atoms. The van der Waals surface area contributed by atoms with Crippen LogP contribution < -0.4 is 0 Å². The van der Waals surface area contributed by atoms with E-state index in [-0.39, 0.29) is 18.7 Å². The fourth-order valence-electron chi connectivity index (χ4n) is 3.15. The average Bonchev–Trinajstić information content (AvgIpc) is 3.28. The molecule has 2 aromatic rings. The molecule has 3 rings (SSSR count). The number of aliphatic carboxylic acids is 1. The summed E-state index contributed by atoms with van der Waals surface area (Å²) in [6, 6.07) is 7.96. The molecular formula is C19H21N3O3. The molecule has 6 heteroatoms. The summed E-state index contributed by atoms with van der Waals surface area (Å²) in [5.74, 6) is -1.39. The van der Waals surface area contributed by atoms with E-state index in [0.717, 1.165) is 17.7 Å². The van der Waals surface area contributed by atoms with Crippen LogP contribution in [0.25, 0.3) is 0 Å². The van der Waals surface area contributed by atoms with E-state index < -0.39 is 11.4 Å². The predicted molar refractivity (Wildman–Crippen MR) is 92.7 cm³/mol. The summed E-state index contributed by atoms with van der Waals surface area (Å²) >= 11 is 0. The minimum Gasteiger partial charge on any atom is -0.480 e. The van der Waals surface area contributed by atoms with Crippen molar-refractivity contribution in [2.75, 3.05) is 7.05 Å². The van der Waals surface area contributed by atoms with E-state index in [1.54, 1.807) is 31.7 Å². The van der Waals surface area contributed by atoms with Crippen LogP contribution in [0.5, 0.6) is 0 Å². The van der Waals surface area contributed by atoms with Gasteiger partial charge in [0.05, 0.1) is 6.33 Å². The van der Waals surface area contributed by atoms with Crippen molar-refractivity contribution in [3.05, 3.63) is 66.3 Å². The van der Waals surface area contributed by atoms with Gasteiger partial charge < -0.3 is 14.6 Å². The molecule has 25 heavy (non-hydrogen) atoms. The molecule has 6 nitrogen and oxygen atoms in total. The number of imidazole rings is 1. The molecule has 1 aromatic carbocycles. The Morgan fingerprint density at radius 3 is 2.40 bits per heavy atom. The number of amides is 1. The Kier molecular flexibility index (Phi) is 4.70. The smallest absolute Gasteiger partial charge is 0.319 e. The van der Waals surface area contributed by atoms with Gasteiger partial charge in [0, 0.05) is 32.5 Å². The number of benzene rings is 1. The molecule has 1 aromatic heterocycles.